The van der Waals surface area contributed by atoms with E-state index in [0.717, 1.165) is 11.4 Å². The summed E-state index contributed by atoms with van der Waals surface area (Å²) in [6.07, 6.45) is 1.05. The van der Waals surface area contributed by atoms with Crippen LogP contribution in [0.15, 0.2) is 36.5 Å². The maximum absolute atomic E-state index is 9.21. The summed E-state index contributed by atoms with van der Waals surface area (Å²) in [6, 6.07) is 9.69. The van der Waals surface area contributed by atoms with Crippen LogP contribution in [0.5, 0.6) is 0 Å². The van der Waals surface area contributed by atoms with Crippen LogP contribution in [-0.4, -0.2) is 43.7 Å². The Morgan fingerprint density at radius 2 is 2.06 bits per heavy atom. The van der Waals surface area contributed by atoms with Crippen LogP contribution in [0, 0.1) is 0 Å². The third kappa shape index (κ3) is 3.56. The zero-order valence-corrected chi connectivity index (χ0v) is 10.6. The average molecular weight is 265 g/mol. The lowest BCUT2D eigenvalue weighted by molar-refractivity contribution is 0.113. The number of aliphatic hydroxyl groups excluding tert-OH is 2. The highest BCUT2D eigenvalue weighted by molar-refractivity contribution is 7.98. The van der Waals surface area contributed by atoms with Gasteiger partial charge in [-0.2, -0.15) is 26.8 Å². The molecule has 0 amide bonds. The molecule has 0 bridgehead atoms. The van der Waals surface area contributed by atoms with Crippen molar-refractivity contribution in [1.82, 2.24) is 15.0 Å². The number of para-hydroxylation sites is 1. The van der Waals surface area contributed by atoms with E-state index in [-0.39, 0.29) is 6.61 Å². The van der Waals surface area contributed by atoms with Gasteiger partial charge in [0.15, 0.2) is 0 Å². The fraction of sp³-hybridized carbons (Fsp3) is 0.333. The predicted molar refractivity (Wildman–Crippen MR) is 70.6 cm³/mol. The van der Waals surface area contributed by atoms with E-state index in [9.17, 15) is 5.11 Å². The molecule has 1 aromatic heterocycles. The number of hydrogen-bond donors (Lipinski definition) is 2. The summed E-state index contributed by atoms with van der Waals surface area (Å²) in [5, 5.41) is 26.4. The Labute approximate surface area is 109 Å². The molecule has 18 heavy (non-hydrogen) atoms. The first kappa shape index (κ1) is 13.1. The summed E-state index contributed by atoms with van der Waals surface area (Å²) >= 11 is 1.52. The molecule has 0 fully saturated rings. The summed E-state index contributed by atoms with van der Waals surface area (Å²) in [4.78, 5) is 1.58. The minimum absolute atomic E-state index is 0.205. The highest BCUT2D eigenvalue weighted by atomic mass is 32.2. The molecule has 0 unspecified atom stereocenters. The summed E-state index contributed by atoms with van der Waals surface area (Å²) in [6.45, 7) is -0.205. The first-order valence-electron chi connectivity index (χ1n) is 5.63. The number of aromatic nitrogens is 3. The molecule has 96 valence electrons. The van der Waals surface area contributed by atoms with Gasteiger partial charge in [0.2, 0.25) is 0 Å². The SMILES string of the molecule is OC[C@H](O)CSCc1cnn(-c2ccccc2)n1. The fourth-order valence-corrected chi connectivity index (χ4v) is 2.24. The van der Waals surface area contributed by atoms with Crippen molar-refractivity contribution in [3.05, 3.63) is 42.2 Å². The van der Waals surface area contributed by atoms with E-state index in [2.05, 4.69) is 10.2 Å². The molecule has 1 aromatic carbocycles. The van der Waals surface area contributed by atoms with Crippen molar-refractivity contribution in [2.24, 2.45) is 0 Å². The van der Waals surface area contributed by atoms with Crippen LogP contribution in [0.3, 0.4) is 0 Å². The number of thioether (sulfide) groups is 1. The molecular weight excluding hydrogens is 250 g/mol. The Bertz CT molecular complexity index is 475. The molecule has 0 aliphatic carbocycles. The van der Waals surface area contributed by atoms with Crippen molar-refractivity contribution >= 4 is 11.8 Å². The second-order valence-electron chi connectivity index (χ2n) is 3.81. The molecule has 0 saturated carbocycles. The molecule has 0 saturated heterocycles. The van der Waals surface area contributed by atoms with Crippen molar-refractivity contribution in [3.63, 3.8) is 0 Å². The first-order valence-corrected chi connectivity index (χ1v) is 6.78. The van der Waals surface area contributed by atoms with Crippen LogP contribution < -0.4 is 0 Å². The smallest absolute Gasteiger partial charge is 0.0930 e. The van der Waals surface area contributed by atoms with Crippen LogP contribution in [0.1, 0.15) is 5.69 Å². The zero-order chi connectivity index (χ0) is 12.8. The van der Waals surface area contributed by atoms with Gasteiger partial charge in [-0.1, -0.05) is 18.2 Å². The van der Waals surface area contributed by atoms with Gasteiger partial charge in [-0.05, 0) is 12.1 Å². The van der Waals surface area contributed by atoms with Crippen molar-refractivity contribution in [2.45, 2.75) is 11.9 Å². The Kier molecular flexibility index (Phi) is 4.74. The highest BCUT2D eigenvalue weighted by Gasteiger charge is 2.05. The second-order valence-corrected chi connectivity index (χ2v) is 4.84. The lowest BCUT2D eigenvalue weighted by atomic mass is 10.3. The lowest BCUT2D eigenvalue weighted by Gasteiger charge is -2.04. The van der Waals surface area contributed by atoms with Crippen molar-refractivity contribution in [2.75, 3.05) is 12.4 Å². The van der Waals surface area contributed by atoms with Gasteiger partial charge >= 0.3 is 0 Å². The minimum Gasteiger partial charge on any atom is -0.394 e. The van der Waals surface area contributed by atoms with E-state index < -0.39 is 6.10 Å². The van der Waals surface area contributed by atoms with Crippen LogP contribution in [0.4, 0.5) is 0 Å². The van der Waals surface area contributed by atoms with Gasteiger partial charge in [0, 0.05) is 11.5 Å². The third-order valence-corrected chi connectivity index (χ3v) is 3.42. The van der Waals surface area contributed by atoms with Crippen LogP contribution >= 0.6 is 11.8 Å². The number of hydrogen-bond acceptors (Lipinski definition) is 5. The molecule has 0 aliphatic rings. The van der Waals surface area contributed by atoms with E-state index in [1.54, 1.807) is 11.0 Å². The average Bonchev–Trinajstić information content (AvgIpc) is 2.88. The maximum Gasteiger partial charge on any atom is 0.0930 e. The van der Waals surface area contributed by atoms with Gasteiger partial charge in [0.05, 0.1) is 30.3 Å². The van der Waals surface area contributed by atoms with Crippen LogP contribution in [0.25, 0.3) is 5.69 Å². The van der Waals surface area contributed by atoms with Gasteiger partial charge in [-0.15, -0.1) is 0 Å². The first-order chi connectivity index (χ1) is 8.79. The largest absolute Gasteiger partial charge is 0.394 e. The molecule has 2 aromatic rings. The molecule has 2 N–H and O–H groups in total. The molecule has 6 heteroatoms. The summed E-state index contributed by atoms with van der Waals surface area (Å²) < 4.78 is 0. The standard InChI is InChI=1S/C12H15N3O2S/c16-7-12(17)9-18-8-10-6-13-15(14-10)11-4-2-1-3-5-11/h1-6,12,16-17H,7-9H2/t12-/m0/s1. The molecule has 5 nitrogen and oxygen atoms in total. The van der Waals surface area contributed by atoms with E-state index in [4.69, 9.17) is 5.11 Å². The number of rotatable bonds is 6. The molecule has 2 rings (SSSR count). The van der Waals surface area contributed by atoms with Crippen molar-refractivity contribution in [3.8, 4) is 5.69 Å². The van der Waals surface area contributed by atoms with E-state index in [1.165, 1.54) is 11.8 Å². The monoisotopic (exact) mass is 265 g/mol. The maximum atomic E-state index is 9.21. The van der Waals surface area contributed by atoms with Crippen molar-refractivity contribution < 1.29 is 10.2 Å². The number of nitrogens with zero attached hydrogens (tertiary/aromatic N) is 3. The molecule has 0 spiro atoms. The lowest BCUT2D eigenvalue weighted by Crippen LogP contribution is -2.14. The Morgan fingerprint density at radius 3 is 2.78 bits per heavy atom. The third-order valence-electron chi connectivity index (χ3n) is 2.30. The molecule has 0 radical (unpaired) electrons. The summed E-state index contributed by atoms with van der Waals surface area (Å²) in [7, 11) is 0. The quantitative estimate of drug-likeness (QED) is 0.810. The molecule has 0 aliphatic heterocycles. The predicted octanol–water partition coefficient (Wildman–Crippen LogP) is 0.854. The Hall–Kier alpha value is -1.37. The van der Waals surface area contributed by atoms with Gasteiger partial charge < -0.3 is 10.2 Å². The minimum atomic E-state index is -0.667. The zero-order valence-electron chi connectivity index (χ0n) is 9.81. The van der Waals surface area contributed by atoms with Crippen LogP contribution in [0.2, 0.25) is 0 Å². The topological polar surface area (TPSA) is 71.2 Å². The number of aliphatic hydroxyl groups is 2. The van der Waals surface area contributed by atoms with Crippen molar-refractivity contribution in [1.29, 1.82) is 0 Å². The fourth-order valence-electron chi connectivity index (χ4n) is 1.40. The second kappa shape index (κ2) is 6.53. The summed E-state index contributed by atoms with van der Waals surface area (Å²) in [5.41, 5.74) is 1.78. The van der Waals surface area contributed by atoms with Crippen LogP contribution in [-0.2, 0) is 5.75 Å². The molecule has 1 atom stereocenters. The Morgan fingerprint density at radius 1 is 1.28 bits per heavy atom. The van der Waals surface area contributed by atoms with Gasteiger partial charge in [0.25, 0.3) is 0 Å². The Balaban J connectivity index is 1.91. The highest BCUT2D eigenvalue weighted by Crippen LogP contribution is 2.12. The van der Waals surface area contributed by atoms with Gasteiger partial charge in [0.1, 0.15) is 0 Å². The number of benzene rings is 1. The van der Waals surface area contributed by atoms with E-state index >= 15 is 0 Å². The van der Waals surface area contributed by atoms with Gasteiger partial charge in [-0.3, -0.25) is 0 Å². The summed E-state index contributed by atoms with van der Waals surface area (Å²) in [5.74, 6) is 1.17. The van der Waals surface area contributed by atoms with E-state index in [1.807, 2.05) is 30.3 Å². The van der Waals surface area contributed by atoms with Gasteiger partial charge in [-0.25, -0.2) is 0 Å². The molecule has 1 heterocycles. The molecular formula is C12H15N3O2S. The normalized spacial score (nSPS) is 12.6. The van der Waals surface area contributed by atoms with E-state index in [0.29, 0.717) is 11.5 Å².